The second-order valence-corrected chi connectivity index (χ2v) is 8.58. The fourth-order valence-electron chi connectivity index (χ4n) is 3.07. The van der Waals surface area contributed by atoms with E-state index < -0.39 is 0 Å². The second-order valence-electron chi connectivity index (χ2n) is 6.73. The molecule has 1 atom stereocenters. The summed E-state index contributed by atoms with van der Waals surface area (Å²) in [4.78, 5) is 28.2. The monoisotopic (exact) mass is 416 g/mol. The number of carbonyl (C=O) groups excluding carboxylic acids is 1. The van der Waals surface area contributed by atoms with Gasteiger partial charge in [0.25, 0.3) is 0 Å². The molecule has 5 nitrogen and oxygen atoms in total. The second kappa shape index (κ2) is 9.21. The van der Waals surface area contributed by atoms with Gasteiger partial charge in [-0.1, -0.05) is 29.5 Å². The topological polar surface area (TPSA) is 51.5 Å². The van der Waals surface area contributed by atoms with Gasteiger partial charge in [0.2, 0.25) is 5.91 Å². The lowest BCUT2D eigenvalue weighted by atomic mass is 10.1. The van der Waals surface area contributed by atoms with Crippen LogP contribution in [0.5, 0.6) is 5.75 Å². The molecule has 0 aliphatic rings. The molecule has 0 fully saturated rings. The van der Waals surface area contributed by atoms with E-state index in [1.165, 1.54) is 4.88 Å². The molecule has 0 bridgehead atoms. The van der Waals surface area contributed by atoms with Crippen molar-refractivity contribution in [3.8, 4) is 5.75 Å². The van der Waals surface area contributed by atoms with Crippen molar-refractivity contribution in [2.75, 3.05) is 7.11 Å². The fourth-order valence-corrected chi connectivity index (χ4v) is 4.63. The zero-order chi connectivity index (χ0) is 20.1. The zero-order valence-corrected chi connectivity index (χ0v) is 17.9. The maximum atomic E-state index is 13.2. The number of hydrogen-bond acceptors (Lipinski definition) is 5. The van der Waals surface area contributed by atoms with Crippen LogP contribution in [-0.2, 0) is 24.3 Å². The lowest BCUT2D eigenvalue weighted by Gasteiger charge is -2.30. The van der Waals surface area contributed by atoms with E-state index in [4.69, 9.17) is 4.74 Å². The normalized spacial score (nSPS) is 12.0. The summed E-state index contributed by atoms with van der Waals surface area (Å²) in [5.41, 5.74) is 1.85. The fraction of sp³-hybridized carbons (Fsp3) is 0.333. The number of methoxy groups -OCH3 is 1. The van der Waals surface area contributed by atoms with Gasteiger partial charge in [-0.25, -0.2) is 0 Å². The van der Waals surface area contributed by atoms with Crippen molar-refractivity contribution in [2.24, 2.45) is 0 Å². The molecule has 0 saturated carbocycles. The molecule has 0 saturated heterocycles. The van der Waals surface area contributed by atoms with E-state index in [0.717, 1.165) is 34.8 Å². The highest BCUT2D eigenvalue weighted by Gasteiger charge is 2.22. The van der Waals surface area contributed by atoms with Crippen molar-refractivity contribution in [2.45, 2.75) is 39.4 Å². The third-order valence-electron chi connectivity index (χ3n) is 4.71. The average molecular weight is 417 g/mol. The number of nitrogens with zero attached hydrogens (tertiary/aromatic N) is 2. The van der Waals surface area contributed by atoms with Crippen LogP contribution in [0, 0.1) is 6.92 Å². The molecule has 2 heterocycles. The number of rotatable bonds is 8. The standard InChI is InChI=1S/C21H24N2O3S2/c1-15(11-19-5-4-10-27-19)22(12-17-6-8-18(26-3)9-7-17)20(24)13-23-16(2)14-28-21(23)25/h4-10,14-15H,11-13H2,1-3H3/t15-/m0/s1. The molecule has 0 aliphatic carbocycles. The molecule has 28 heavy (non-hydrogen) atoms. The van der Waals surface area contributed by atoms with Crippen LogP contribution >= 0.6 is 22.7 Å². The minimum Gasteiger partial charge on any atom is -0.497 e. The first-order valence-electron chi connectivity index (χ1n) is 9.07. The van der Waals surface area contributed by atoms with Gasteiger partial charge in [0.1, 0.15) is 12.3 Å². The smallest absolute Gasteiger partial charge is 0.307 e. The van der Waals surface area contributed by atoms with Crippen LogP contribution < -0.4 is 9.61 Å². The Balaban J connectivity index is 1.81. The molecule has 148 valence electrons. The van der Waals surface area contributed by atoms with Crippen molar-refractivity contribution >= 4 is 28.6 Å². The Morgan fingerprint density at radius 1 is 1.21 bits per heavy atom. The first kappa shape index (κ1) is 20.4. The number of thiophene rings is 1. The third kappa shape index (κ3) is 4.91. The number of amides is 1. The first-order chi connectivity index (χ1) is 13.5. The number of thiazole rings is 1. The van der Waals surface area contributed by atoms with Crippen LogP contribution in [0.15, 0.2) is 52.0 Å². The quantitative estimate of drug-likeness (QED) is 0.559. The summed E-state index contributed by atoms with van der Waals surface area (Å²) in [5, 5.41) is 3.84. The molecule has 7 heteroatoms. The molecule has 1 amide bonds. The van der Waals surface area contributed by atoms with Crippen LogP contribution in [0.4, 0.5) is 0 Å². The largest absolute Gasteiger partial charge is 0.497 e. The van der Waals surface area contributed by atoms with E-state index in [0.29, 0.717) is 6.54 Å². The van der Waals surface area contributed by atoms with Crippen molar-refractivity contribution in [1.29, 1.82) is 0 Å². The van der Waals surface area contributed by atoms with Gasteiger partial charge in [-0.3, -0.25) is 14.2 Å². The first-order valence-corrected chi connectivity index (χ1v) is 10.8. The Kier molecular flexibility index (Phi) is 6.70. The average Bonchev–Trinajstić information content (AvgIpc) is 3.31. The lowest BCUT2D eigenvalue weighted by Crippen LogP contribution is -2.42. The molecule has 0 radical (unpaired) electrons. The van der Waals surface area contributed by atoms with E-state index in [1.807, 2.05) is 47.5 Å². The molecular weight excluding hydrogens is 392 g/mol. The van der Waals surface area contributed by atoms with Gasteiger partial charge in [-0.15, -0.1) is 11.3 Å². The molecular formula is C21H24N2O3S2. The lowest BCUT2D eigenvalue weighted by molar-refractivity contribution is -0.134. The van der Waals surface area contributed by atoms with Crippen LogP contribution in [0.1, 0.15) is 23.1 Å². The van der Waals surface area contributed by atoms with Gasteiger partial charge >= 0.3 is 4.87 Å². The van der Waals surface area contributed by atoms with E-state index in [2.05, 4.69) is 13.0 Å². The van der Waals surface area contributed by atoms with Crippen molar-refractivity contribution in [3.05, 3.63) is 73.0 Å². The molecule has 1 aromatic carbocycles. The Morgan fingerprint density at radius 3 is 2.54 bits per heavy atom. The van der Waals surface area contributed by atoms with E-state index in [-0.39, 0.29) is 23.4 Å². The summed E-state index contributed by atoms with van der Waals surface area (Å²) in [6.45, 7) is 4.48. The van der Waals surface area contributed by atoms with E-state index in [9.17, 15) is 9.59 Å². The number of ether oxygens (including phenoxy) is 1. The molecule has 0 N–H and O–H groups in total. The Bertz CT molecular complexity index is 958. The number of hydrogen-bond donors (Lipinski definition) is 0. The maximum absolute atomic E-state index is 13.2. The highest BCUT2D eigenvalue weighted by Crippen LogP contribution is 2.19. The number of aromatic nitrogens is 1. The van der Waals surface area contributed by atoms with Gasteiger partial charge in [0.15, 0.2) is 0 Å². The Morgan fingerprint density at radius 2 is 1.96 bits per heavy atom. The van der Waals surface area contributed by atoms with E-state index in [1.54, 1.807) is 28.4 Å². The maximum Gasteiger partial charge on any atom is 0.307 e. The highest BCUT2D eigenvalue weighted by molar-refractivity contribution is 7.09. The summed E-state index contributed by atoms with van der Waals surface area (Å²) < 4.78 is 6.77. The van der Waals surface area contributed by atoms with Gasteiger partial charge in [0, 0.05) is 35.0 Å². The van der Waals surface area contributed by atoms with Gasteiger partial charge in [-0.2, -0.15) is 0 Å². The van der Waals surface area contributed by atoms with Crippen molar-refractivity contribution in [3.63, 3.8) is 0 Å². The summed E-state index contributed by atoms with van der Waals surface area (Å²) in [6, 6.07) is 11.9. The molecule has 3 rings (SSSR count). The number of benzene rings is 1. The van der Waals surface area contributed by atoms with Crippen LogP contribution in [-0.4, -0.2) is 28.5 Å². The van der Waals surface area contributed by atoms with Gasteiger partial charge < -0.3 is 9.64 Å². The number of aryl methyl sites for hydroxylation is 1. The van der Waals surface area contributed by atoms with Crippen molar-refractivity contribution < 1.29 is 9.53 Å². The zero-order valence-electron chi connectivity index (χ0n) is 16.3. The van der Waals surface area contributed by atoms with Gasteiger partial charge in [-0.05, 0) is 43.0 Å². The molecule has 0 unspecified atom stereocenters. The summed E-state index contributed by atoms with van der Waals surface area (Å²) in [5.74, 6) is 0.734. The molecule has 0 spiro atoms. The number of carbonyl (C=O) groups is 1. The van der Waals surface area contributed by atoms with Crippen molar-refractivity contribution in [1.82, 2.24) is 9.47 Å². The molecule has 0 aliphatic heterocycles. The highest BCUT2D eigenvalue weighted by atomic mass is 32.1. The predicted octanol–water partition coefficient (Wildman–Crippen LogP) is 3.95. The van der Waals surface area contributed by atoms with Gasteiger partial charge in [0.05, 0.1) is 7.11 Å². The summed E-state index contributed by atoms with van der Waals surface area (Å²) >= 11 is 2.82. The molecule has 2 aromatic heterocycles. The molecule has 3 aromatic rings. The predicted molar refractivity (Wildman–Crippen MR) is 114 cm³/mol. The Labute approximate surface area is 172 Å². The summed E-state index contributed by atoms with van der Waals surface area (Å²) in [7, 11) is 1.63. The van der Waals surface area contributed by atoms with E-state index >= 15 is 0 Å². The summed E-state index contributed by atoms with van der Waals surface area (Å²) in [6.07, 6.45) is 0.789. The van der Waals surface area contributed by atoms with Crippen LogP contribution in [0.3, 0.4) is 0 Å². The SMILES string of the molecule is COc1ccc(CN(C(=O)Cn2c(C)csc2=O)[C@@H](C)Cc2cccs2)cc1. The minimum absolute atomic E-state index is 0.0166. The minimum atomic E-state index is -0.0962. The Hall–Kier alpha value is -2.38. The van der Waals surface area contributed by atoms with Crippen LogP contribution in [0.2, 0.25) is 0 Å². The third-order valence-corrected chi connectivity index (χ3v) is 6.49. The van der Waals surface area contributed by atoms with Crippen LogP contribution in [0.25, 0.3) is 0 Å².